The van der Waals surface area contributed by atoms with E-state index in [2.05, 4.69) is 16.0 Å². The van der Waals surface area contributed by atoms with Crippen molar-refractivity contribution in [2.75, 3.05) is 0 Å². The van der Waals surface area contributed by atoms with Gasteiger partial charge in [0, 0.05) is 16.0 Å². The van der Waals surface area contributed by atoms with Crippen molar-refractivity contribution in [3.05, 3.63) is 74.6 Å². The van der Waals surface area contributed by atoms with Crippen LogP contribution in [0.15, 0.2) is 53.4 Å². The van der Waals surface area contributed by atoms with Gasteiger partial charge in [0.25, 0.3) is 0 Å². The molecule has 0 fully saturated rings. The first-order valence-corrected chi connectivity index (χ1v) is 10.4. The monoisotopic (exact) mass is 425 g/mol. The Morgan fingerprint density at radius 3 is 2.79 bits per heavy atom. The van der Waals surface area contributed by atoms with E-state index in [0.717, 1.165) is 10.4 Å². The van der Waals surface area contributed by atoms with Crippen molar-refractivity contribution in [2.24, 2.45) is 0 Å². The lowest BCUT2D eigenvalue weighted by atomic mass is 9.99. The predicted octanol–water partition coefficient (Wildman–Crippen LogP) is 5.48. The van der Waals surface area contributed by atoms with Crippen molar-refractivity contribution < 1.29 is 9.53 Å². The summed E-state index contributed by atoms with van der Waals surface area (Å²) in [6.45, 7) is 0.367. The van der Waals surface area contributed by atoms with Crippen molar-refractivity contribution >= 4 is 50.3 Å². The Morgan fingerprint density at radius 2 is 2.07 bits per heavy atom. The normalized spacial score (nSPS) is 11.9. The molecule has 2 heterocycles. The smallest absolute Gasteiger partial charge is 0.186 e. The molecule has 2 aromatic heterocycles. The third-order valence-corrected chi connectivity index (χ3v) is 5.99. The number of carbonyl (C=O) groups is 1. The van der Waals surface area contributed by atoms with Crippen LogP contribution in [0.4, 0.5) is 0 Å². The third-order valence-electron chi connectivity index (χ3n) is 4.01. The maximum absolute atomic E-state index is 12.8. The van der Waals surface area contributed by atoms with Gasteiger partial charge in [0.1, 0.15) is 17.4 Å². The minimum atomic E-state index is -0.960. The van der Waals surface area contributed by atoms with E-state index in [-0.39, 0.29) is 5.78 Å². The van der Waals surface area contributed by atoms with Crippen LogP contribution >= 0.6 is 34.3 Å². The molecule has 0 bridgehead atoms. The summed E-state index contributed by atoms with van der Waals surface area (Å²) < 4.78 is 6.54. The molecule has 0 N–H and O–H groups in total. The second-order valence-corrected chi connectivity index (χ2v) is 8.10. The number of rotatable bonds is 6. The number of carbonyl (C=O) groups excluding carboxylic acids is 1. The van der Waals surface area contributed by atoms with Gasteiger partial charge in [-0.3, -0.25) is 4.79 Å². The average molecular weight is 426 g/mol. The second-order valence-electron chi connectivity index (χ2n) is 5.88. The first kappa shape index (κ1) is 18.6. The summed E-state index contributed by atoms with van der Waals surface area (Å²) in [7, 11) is 0. The number of hydrogen-bond donors (Lipinski definition) is 0. The zero-order valence-corrected chi connectivity index (χ0v) is 16.7. The van der Waals surface area contributed by atoms with Crippen molar-refractivity contribution in [3.63, 3.8) is 0 Å². The Hall–Kier alpha value is -2.79. The van der Waals surface area contributed by atoms with E-state index in [1.807, 2.05) is 11.4 Å². The molecular weight excluding hydrogens is 414 g/mol. The number of thiazole rings is 2. The van der Waals surface area contributed by atoms with Gasteiger partial charge in [-0.25, -0.2) is 9.97 Å². The SMILES string of the molecule is N#CC(C(=O)c1ccc(OCc2cscn2)cc1)c1nc2cc(Cl)ccc2s1. The highest BCUT2D eigenvalue weighted by atomic mass is 35.5. The standard InChI is InChI=1S/C20H12ClN3O2S2/c21-13-3-6-18-17(7-13)24-20(28-18)16(8-22)19(25)12-1-4-15(5-2-12)26-9-14-10-27-11-23-14/h1-7,10-11,16H,9H2. The maximum Gasteiger partial charge on any atom is 0.186 e. The molecule has 28 heavy (non-hydrogen) atoms. The number of Topliss-reactive ketones (excluding diaryl/α,β-unsaturated/α-hetero) is 1. The van der Waals surface area contributed by atoms with Crippen LogP contribution < -0.4 is 4.74 Å². The Morgan fingerprint density at radius 1 is 1.25 bits per heavy atom. The van der Waals surface area contributed by atoms with Gasteiger partial charge >= 0.3 is 0 Å². The molecule has 8 heteroatoms. The highest BCUT2D eigenvalue weighted by Crippen LogP contribution is 2.31. The number of nitriles is 1. The fourth-order valence-corrected chi connectivity index (χ4v) is 4.32. The van der Waals surface area contributed by atoms with E-state index in [0.29, 0.717) is 33.5 Å². The Balaban J connectivity index is 1.52. The van der Waals surface area contributed by atoms with Crippen LogP contribution in [0.2, 0.25) is 5.02 Å². The summed E-state index contributed by atoms with van der Waals surface area (Å²) in [5.74, 6) is -0.621. The summed E-state index contributed by atoms with van der Waals surface area (Å²) in [5.41, 5.74) is 3.72. The quantitative estimate of drug-likeness (QED) is 0.382. The van der Waals surface area contributed by atoms with Crippen molar-refractivity contribution in [3.8, 4) is 11.8 Å². The topological polar surface area (TPSA) is 75.9 Å². The highest BCUT2D eigenvalue weighted by Gasteiger charge is 2.25. The number of ether oxygens (including phenoxy) is 1. The van der Waals surface area contributed by atoms with Gasteiger partial charge in [0.15, 0.2) is 11.7 Å². The van der Waals surface area contributed by atoms with Gasteiger partial charge in [0.2, 0.25) is 0 Å². The maximum atomic E-state index is 12.8. The summed E-state index contributed by atoms with van der Waals surface area (Å²) in [5, 5.41) is 12.5. The highest BCUT2D eigenvalue weighted by molar-refractivity contribution is 7.18. The summed E-state index contributed by atoms with van der Waals surface area (Å²) in [6.07, 6.45) is 0. The van der Waals surface area contributed by atoms with Gasteiger partial charge in [0.05, 0.1) is 27.5 Å². The van der Waals surface area contributed by atoms with Gasteiger partial charge < -0.3 is 4.74 Å². The molecule has 5 nitrogen and oxygen atoms in total. The molecule has 0 aliphatic heterocycles. The fourth-order valence-electron chi connectivity index (χ4n) is 2.62. The lowest BCUT2D eigenvalue weighted by molar-refractivity contribution is 0.0979. The van der Waals surface area contributed by atoms with E-state index >= 15 is 0 Å². The zero-order valence-electron chi connectivity index (χ0n) is 14.3. The molecule has 0 aliphatic rings. The number of fused-ring (bicyclic) bond motifs is 1. The van der Waals surface area contributed by atoms with Crippen LogP contribution in [-0.4, -0.2) is 15.8 Å². The van der Waals surface area contributed by atoms with Crippen molar-refractivity contribution in [2.45, 2.75) is 12.5 Å². The average Bonchev–Trinajstić information content (AvgIpc) is 3.36. The molecule has 0 radical (unpaired) electrons. The summed E-state index contributed by atoms with van der Waals surface area (Å²) >= 11 is 8.83. The van der Waals surface area contributed by atoms with Gasteiger partial charge in [-0.15, -0.1) is 22.7 Å². The van der Waals surface area contributed by atoms with E-state index in [1.54, 1.807) is 41.9 Å². The number of aromatic nitrogens is 2. The molecular formula is C20H12ClN3O2S2. The molecule has 0 spiro atoms. The molecule has 0 saturated carbocycles. The molecule has 4 rings (SSSR count). The number of halogens is 1. The van der Waals surface area contributed by atoms with E-state index in [1.165, 1.54) is 22.7 Å². The van der Waals surface area contributed by atoms with Crippen LogP contribution in [-0.2, 0) is 6.61 Å². The van der Waals surface area contributed by atoms with Crippen LogP contribution in [0.5, 0.6) is 5.75 Å². The van der Waals surface area contributed by atoms with E-state index in [4.69, 9.17) is 16.3 Å². The van der Waals surface area contributed by atoms with Gasteiger partial charge in [-0.1, -0.05) is 11.6 Å². The Kier molecular flexibility index (Phi) is 5.35. The van der Waals surface area contributed by atoms with Crippen LogP contribution in [0, 0.1) is 11.3 Å². The fraction of sp³-hybridized carbons (Fsp3) is 0.100. The Labute approximate surface area is 173 Å². The first-order valence-electron chi connectivity index (χ1n) is 8.24. The lowest BCUT2D eigenvalue weighted by Crippen LogP contribution is -2.11. The number of benzene rings is 2. The molecule has 4 aromatic rings. The van der Waals surface area contributed by atoms with Crippen molar-refractivity contribution in [1.82, 2.24) is 9.97 Å². The lowest BCUT2D eigenvalue weighted by Gasteiger charge is -2.07. The third kappa shape index (κ3) is 3.90. The van der Waals surface area contributed by atoms with Crippen LogP contribution in [0.3, 0.4) is 0 Å². The largest absolute Gasteiger partial charge is 0.487 e. The minimum absolute atomic E-state index is 0.293. The van der Waals surface area contributed by atoms with Crippen LogP contribution in [0.25, 0.3) is 10.2 Å². The molecule has 2 aromatic carbocycles. The van der Waals surface area contributed by atoms with Crippen LogP contribution in [0.1, 0.15) is 27.0 Å². The number of ketones is 1. The minimum Gasteiger partial charge on any atom is -0.487 e. The van der Waals surface area contributed by atoms with E-state index in [9.17, 15) is 10.1 Å². The molecule has 0 aliphatic carbocycles. The summed E-state index contributed by atoms with van der Waals surface area (Å²) in [6, 6.07) is 14.2. The first-order chi connectivity index (χ1) is 13.6. The summed E-state index contributed by atoms with van der Waals surface area (Å²) in [4.78, 5) is 21.4. The predicted molar refractivity (Wildman–Crippen MR) is 110 cm³/mol. The molecule has 138 valence electrons. The number of nitrogens with zero attached hydrogens (tertiary/aromatic N) is 3. The molecule has 1 unspecified atom stereocenters. The van der Waals surface area contributed by atoms with Gasteiger partial charge in [-0.05, 0) is 42.5 Å². The molecule has 1 atom stereocenters. The van der Waals surface area contributed by atoms with Crippen molar-refractivity contribution in [1.29, 1.82) is 5.26 Å². The number of hydrogen-bond acceptors (Lipinski definition) is 7. The Bertz CT molecular complexity index is 1160. The van der Waals surface area contributed by atoms with E-state index < -0.39 is 5.92 Å². The van der Waals surface area contributed by atoms with Gasteiger partial charge in [-0.2, -0.15) is 5.26 Å². The second kappa shape index (κ2) is 8.07. The molecule has 0 saturated heterocycles. The zero-order chi connectivity index (χ0) is 19.5. The molecule has 0 amide bonds.